The number of anilines is 1. The van der Waals surface area contributed by atoms with E-state index in [1.807, 2.05) is 41.3 Å². The lowest BCUT2D eigenvalue weighted by atomic mass is 9.87. The lowest BCUT2D eigenvalue weighted by Crippen LogP contribution is -2.47. The minimum absolute atomic E-state index is 0.0386. The van der Waals surface area contributed by atoms with Gasteiger partial charge in [-0.25, -0.2) is 0 Å². The number of hydrogen-bond donors (Lipinski definition) is 1. The number of Topliss-reactive ketones (excluding diaryl/α,β-unsaturated/α-hetero) is 1. The number of halogens is 1. The van der Waals surface area contributed by atoms with E-state index in [9.17, 15) is 9.59 Å². The van der Waals surface area contributed by atoms with Gasteiger partial charge in [-0.1, -0.05) is 28.1 Å². The van der Waals surface area contributed by atoms with Gasteiger partial charge in [-0.05, 0) is 37.1 Å². The summed E-state index contributed by atoms with van der Waals surface area (Å²) in [5.74, 6) is 0.881. The Hall–Kier alpha value is -2.03. The Balaban J connectivity index is 1.37. The van der Waals surface area contributed by atoms with Crippen molar-refractivity contribution in [3.05, 3.63) is 52.0 Å². The third-order valence-electron chi connectivity index (χ3n) is 6.15. The van der Waals surface area contributed by atoms with Crippen LogP contribution in [-0.4, -0.2) is 41.5 Å². The number of hydrogen-bond acceptors (Lipinski definition) is 6. The fourth-order valence-electron chi connectivity index (χ4n) is 4.51. The van der Waals surface area contributed by atoms with E-state index >= 15 is 0 Å². The number of methoxy groups -OCH3 is 1. The number of nitrogens with zero attached hydrogens (tertiary/aromatic N) is 1. The summed E-state index contributed by atoms with van der Waals surface area (Å²) in [6.07, 6.45) is 2.09. The van der Waals surface area contributed by atoms with Gasteiger partial charge in [0.25, 0.3) is 5.91 Å². The molecule has 0 bridgehead atoms. The predicted octanol–water partition coefficient (Wildman–Crippen LogP) is 5.61. The second kappa shape index (κ2) is 7.83. The number of fused-ring (bicyclic) bond motifs is 2. The molecule has 2 aliphatic heterocycles. The first-order valence-corrected chi connectivity index (χ1v) is 12.5. The molecule has 160 valence electrons. The number of likely N-dealkylation sites (tertiary alicyclic amines) is 1. The summed E-state index contributed by atoms with van der Waals surface area (Å²) in [6, 6.07) is 11.6. The van der Waals surface area contributed by atoms with E-state index in [-0.39, 0.29) is 16.4 Å². The van der Waals surface area contributed by atoms with Gasteiger partial charge < -0.3 is 15.4 Å². The minimum Gasteiger partial charge on any atom is -0.495 e. The van der Waals surface area contributed by atoms with Gasteiger partial charge in [-0.2, -0.15) is 0 Å². The molecule has 3 aromatic rings. The van der Waals surface area contributed by atoms with Crippen molar-refractivity contribution in [2.24, 2.45) is 0 Å². The van der Waals surface area contributed by atoms with Gasteiger partial charge in [0.15, 0.2) is 5.78 Å². The number of thioether (sulfide) groups is 1. The molecule has 0 radical (unpaired) electrons. The molecule has 3 heterocycles. The first-order valence-electron chi connectivity index (χ1n) is 10.1. The van der Waals surface area contributed by atoms with Gasteiger partial charge in [-0.15, -0.1) is 23.1 Å². The number of ketones is 1. The molecule has 1 fully saturated rings. The Morgan fingerprint density at radius 2 is 2.00 bits per heavy atom. The van der Waals surface area contributed by atoms with Crippen LogP contribution >= 0.6 is 39.0 Å². The maximum Gasteiger partial charge on any atom is 0.257 e. The Bertz CT molecular complexity index is 1210. The van der Waals surface area contributed by atoms with Crippen LogP contribution in [0.4, 0.5) is 5.00 Å². The Labute approximate surface area is 197 Å². The van der Waals surface area contributed by atoms with Crippen LogP contribution in [0.15, 0.2) is 45.8 Å². The molecule has 0 atom stereocenters. The highest BCUT2D eigenvalue weighted by molar-refractivity contribution is 9.10. The number of ether oxygens (including phenoxy) is 1. The molecule has 31 heavy (non-hydrogen) atoms. The molecule has 2 N–H and O–H groups in total. The standard InChI is InChI=1S/C23H21BrN2O3S2/c1-29-17-4-2-3-14-19(21(25)30-20(14)17)22(28)26-9-7-23(8-10-26)12-16(27)15-11-13(24)5-6-18(15)31-23/h2-6,11H,7-10,12,25H2,1H3. The van der Waals surface area contributed by atoms with Crippen molar-refractivity contribution in [2.45, 2.75) is 28.9 Å². The van der Waals surface area contributed by atoms with Crippen molar-refractivity contribution in [1.82, 2.24) is 4.90 Å². The van der Waals surface area contributed by atoms with E-state index in [0.29, 0.717) is 30.1 Å². The fraction of sp³-hybridized carbons (Fsp3) is 0.304. The van der Waals surface area contributed by atoms with Crippen molar-refractivity contribution in [2.75, 3.05) is 25.9 Å². The smallest absolute Gasteiger partial charge is 0.257 e. The molecule has 0 unspecified atom stereocenters. The van der Waals surface area contributed by atoms with Crippen molar-refractivity contribution in [1.29, 1.82) is 0 Å². The van der Waals surface area contributed by atoms with Crippen LogP contribution in [0.3, 0.4) is 0 Å². The highest BCUT2D eigenvalue weighted by Crippen LogP contribution is 2.50. The van der Waals surface area contributed by atoms with E-state index in [4.69, 9.17) is 10.5 Å². The number of carbonyl (C=O) groups excluding carboxylic acids is 2. The van der Waals surface area contributed by atoms with Crippen molar-refractivity contribution < 1.29 is 14.3 Å². The Kier molecular flexibility index (Phi) is 5.27. The number of rotatable bonds is 2. The first-order chi connectivity index (χ1) is 14.9. The van der Waals surface area contributed by atoms with E-state index in [0.717, 1.165) is 43.6 Å². The average molecular weight is 517 g/mol. The van der Waals surface area contributed by atoms with Gasteiger partial charge in [0.2, 0.25) is 0 Å². The van der Waals surface area contributed by atoms with Crippen molar-refractivity contribution >= 4 is 65.8 Å². The monoisotopic (exact) mass is 516 g/mol. The molecule has 8 heteroatoms. The van der Waals surface area contributed by atoms with Crippen LogP contribution < -0.4 is 10.5 Å². The summed E-state index contributed by atoms with van der Waals surface area (Å²) in [6.45, 7) is 1.23. The molecule has 1 amide bonds. The summed E-state index contributed by atoms with van der Waals surface area (Å²) in [5.41, 5.74) is 7.64. The average Bonchev–Trinajstić information content (AvgIpc) is 3.10. The fourth-order valence-corrected chi connectivity index (χ4v) is 7.40. The van der Waals surface area contributed by atoms with E-state index in [1.165, 1.54) is 11.3 Å². The molecule has 5 rings (SSSR count). The molecule has 5 nitrogen and oxygen atoms in total. The molecule has 1 aromatic heterocycles. The SMILES string of the molecule is COc1cccc2c(C(=O)N3CCC4(CC3)CC(=O)c3cc(Br)ccc3S4)c(N)sc12. The lowest BCUT2D eigenvalue weighted by molar-refractivity contribution is 0.0699. The highest BCUT2D eigenvalue weighted by atomic mass is 79.9. The quantitative estimate of drug-likeness (QED) is 0.479. The number of thiophene rings is 1. The second-order valence-electron chi connectivity index (χ2n) is 8.00. The molecule has 1 saturated heterocycles. The zero-order valence-electron chi connectivity index (χ0n) is 16.9. The van der Waals surface area contributed by atoms with Gasteiger partial charge >= 0.3 is 0 Å². The number of nitrogens with two attached hydrogens (primary N) is 1. The van der Waals surface area contributed by atoms with Crippen LogP contribution in [0.25, 0.3) is 10.1 Å². The normalized spacial score (nSPS) is 17.7. The van der Waals surface area contributed by atoms with Gasteiger partial charge in [0.1, 0.15) is 5.75 Å². The zero-order valence-corrected chi connectivity index (χ0v) is 20.2. The molecular weight excluding hydrogens is 496 g/mol. The topological polar surface area (TPSA) is 72.6 Å². The molecule has 2 aromatic carbocycles. The van der Waals surface area contributed by atoms with Crippen molar-refractivity contribution in [3.63, 3.8) is 0 Å². The van der Waals surface area contributed by atoms with Gasteiger partial charge in [0.05, 0.1) is 22.4 Å². The molecular formula is C23H21BrN2O3S2. The summed E-state index contributed by atoms with van der Waals surface area (Å²) in [4.78, 5) is 29.1. The molecule has 2 aliphatic rings. The summed E-state index contributed by atoms with van der Waals surface area (Å²) in [5, 5.41) is 1.36. The van der Waals surface area contributed by atoms with Gasteiger partial charge in [-0.3, -0.25) is 9.59 Å². The number of nitrogen functional groups attached to an aromatic ring is 1. The van der Waals surface area contributed by atoms with E-state index < -0.39 is 0 Å². The summed E-state index contributed by atoms with van der Waals surface area (Å²) in [7, 11) is 1.62. The van der Waals surface area contributed by atoms with Gasteiger partial charge in [0, 0.05) is 44.6 Å². The third-order valence-corrected chi connectivity index (χ3v) is 9.26. The minimum atomic E-state index is -0.139. The lowest BCUT2D eigenvalue weighted by Gasteiger charge is -2.43. The van der Waals surface area contributed by atoms with Crippen LogP contribution in [0.2, 0.25) is 0 Å². The number of piperidine rings is 1. The van der Waals surface area contributed by atoms with Crippen LogP contribution in [0, 0.1) is 0 Å². The summed E-state index contributed by atoms with van der Waals surface area (Å²) >= 11 is 6.64. The molecule has 0 aliphatic carbocycles. The molecule has 0 saturated carbocycles. The maximum absolute atomic E-state index is 13.4. The third kappa shape index (κ3) is 3.54. The maximum atomic E-state index is 13.4. The largest absolute Gasteiger partial charge is 0.495 e. The Morgan fingerprint density at radius 1 is 1.23 bits per heavy atom. The summed E-state index contributed by atoms with van der Waals surface area (Å²) < 4.78 is 7.12. The number of amides is 1. The van der Waals surface area contributed by atoms with Crippen LogP contribution in [-0.2, 0) is 0 Å². The van der Waals surface area contributed by atoms with Crippen molar-refractivity contribution in [3.8, 4) is 5.75 Å². The Morgan fingerprint density at radius 3 is 2.74 bits per heavy atom. The highest BCUT2D eigenvalue weighted by Gasteiger charge is 2.43. The van der Waals surface area contributed by atoms with E-state index in [1.54, 1.807) is 18.9 Å². The van der Waals surface area contributed by atoms with E-state index in [2.05, 4.69) is 15.9 Å². The zero-order chi connectivity index (χ0) is 21.8. The molecule has 1 spiro atoms. The predicted molar refractivity (Wildman–Crippen MR) is 130 cm³/mol. The van der Waals surface area contributed by atoms with Crippen LogP contribution in [0.5, 0.6) is 5.75 Å². The van der Waals surface area contributed by atoms with Crippen LogP contribution in [0.1, 0.15) is 40.0 Å². The second-order valence-corrected chi connectivity index (χ2v) is 11.5. The number of benzene rings is 2. The number of carbonyl (C=O) groups is 2. The first kappa shape index (κ1) is 20.8.